The Morgan fingerprint density at radius 3 is 1.89 bits per heavy atom. The van der Waals surface area contributed by atoms with Gasteiger partial charge >= 0.3 is 5.97 Å². The third kappa shape index (κ3) is 3.06. The number of hydrogen-bond donors (Lipinski definition) is 1. The molecule has 0 bridgehead atoms. The number of carboxylic acid groups (broad SMARTS) is 1. The molecule has 1 N–H and O–H groups in total. The molecule has 1 aromatic rings. The number of carbonyl (C=O) groups excluding carboxylic acids is 1. The van der Waals surface area contributed by atoms with Crippen LogP contribution in [-0.2, 0) is 0 Å². The molecule has 0 aliphatic heterocycles. The highest BCUT2D eigenvalue weighted by Gasteiger charge is 2.15. The lowest BCUT2D eigenvalue weighted by Crippen LogP contribution is -2.31. The van der Waals surface area contributed by atoms with Crippen molar-refractivity contribution in [1.29, 1.82) is 10.5 Å². The number of benzene rings is 1. The molecule has 0 saturated heterocycles. The van der Waals surface area contributed by atoms with Crippen molar-refractivity contribution in [2.45, 2.75) is 0 Å². The zero-order chi connectivity index (χ0) is 13.5. The minimum Gasteiger partial charge on any atom is -0.478 e. The maximum Gasteiger partial charge on any atom is 0.335 e. The summed E-state index contributed by atoms with van der Waals surface area (Å²) in [5.41, 5.74) is 0.309. The van der Waals surface area contributed by atoms with Gasteiger partial charge in [-0.1, -0.05) is 0 Å². The van der Waals surface area contributed by atoms with E-state index in [2.05, 4.69) is 0 Å². The maximum atomic E-state index is 11.9. The molecule has 6 heteroatoms. The Balaban J connectivity index is 2.92. The van der Waals surface area contributed by atoms with Crippen molar-refractivity contribution < 1.29 is 14.7 Å². The van der Waals surface area contributed by atoms with Crippen LogP contribution in [0.1, 0.15) is 20.7 Å². The highest BCUT2D eigenvalue weighted by atomic mass is 16.4. The van der Waals surface area contributed by atoms with Crippen LogP contribution in [0.3, 0.4) is 0 Å². The first-order chi connectivity index (χ1) is 8.60. The maximum absolute atomic E-state index is 11.9. The second-order valence-corrected chi connectivity index (χ2v) is 3.36. The second-order valence-electron chi connectivity index (χ2n) is 3.36. The van der Waals surface area contributed by atoms with E-state index in [1.807, 2.05) is 0 Å². The molecule has 0 aromatic heterocycles. The number of nitrogens with zero attached hydrogens (tertiary/aromatic N) is 3. The summed E-state index contributed by atoms with van der Waals surface area (Å²) in [5, 5.41) is 25.8. The second kappa shape index (κ2) is 6.02. The summed E-state index contributed by atoms with van der Waals surface area (Å²) in [5.74, 6) is -1.56. The van der Waals surface area contributed by atoms with Gasteiger partial charge in [0.15, 0.2) is 0 Å². The summed E-state index contributed by atoms with van der Waals surface area (Å²) in [6.45, 7) is -0.375. The van der Waals surface area contributed by atoms with Gasteiger partial charge < -0.3 is 10.0 Å². The largest absolute Gasteiger partial charge is 0.478 e. The van der Waals surface area contributed by atoms with Crippen LogP contribution in [-0.4, -0.2) is 35.0 Å². The van der Waals surface area contributed by atoms with Crippen LogP contribution < -0.4 is 0 Å². The molecule has 0 saturated carbocycles. The van der Waals surface area contributed by atoms with Gasteiger partial charge in [-0.05, 0) is 24.3 Å². The van der Waals surface area contributed by atoms with Gasteiger partial charge in [0.05, 0.1) is 17.7 Å². The van der Waals surface area contributed by atoms with Crippen molar-refractivity contribution in [3.8, 4) is 12.1 Å². The molecular weight excluding hydrogens is 234 g/mol. The van der Waals surface area contributed by atoms with Gasteiger partial charge in [0.25, 0.3) is 5.91 Å². The van der Waals surface area contributed by atoms with E-state index in [1.165, 1.54) is 24.3 Å². The fraction of sp³-hybridized carbons (Fsp3) is 0.167. The molecule has 0 atom stereocenters. The Bertz CT molecular complexity index is 521. The highest BCUT2D eigenvalue weighted by molar-refractivity contribution is 5.96. The van der Waals surface area contributed by atoms with Crippen molar-refractivity contribution in [1.82, 2.24) is 4.90 Å². The Morgan fingerprint density at radius 1 is 1.06 bits per heavy atom. The lowest BCUT2D eigenvalue weighted by atomic mass is 10.1. The Kier molecular flexibility index (Phi) is 4.42. The molecule has 0 unspecified atom stereocenters. The molecule has 0 aliphatic rings. The molecule has 90 valence electrons. The predicted molar refractivity (Wildman–Crippen MR) is 60.5 cm³/mol. The molecule has 0 radical (unpaired) electrons. The van der Waals surface area contributed by atoms with Crippen molar-refractivity contribution in [3.63, 3.8) is 0 Å². The molecule has 18 heavy (non-hydrogen) atoms. The monoisotopic (exact) mass is 243 g/mol. The summed E-state index contributed by atoms with van der Waals surface area (Å²) in [4.78, 5) is 23.6. The van der Waals surface area contributed by atoms with Crippen LogP contribution in [0.4, 0.5) is 0 Å². The van der Waals surface area contributed by atoms with Crippen molar-refractivity contribution in [3.05, 3.63) is 35.4 Å². The van der Waals surface area contributed by atoms with Gasteiger partial charge in [0.1, 0.15) is 13.1 Å². The molecule has 0 heterocycles. The Morgan fingerprint density at radius 2 is 1.50 bits per heavy atom. The lowest BCUT2D eigenvalue weighted by Gasteiger charge is -2.15. The predicted octanol–water partition coefficient (Wildman–Crippen LogP) is 0.874. The number of carbonyl (C=O) groups is 2. The smallest absolute Gasteiger partial charge is 0.335 e. The molecule has 0 aliphatic carbocycles. The molecule has 1 aromatic carbocycles. The summed E-state index contributed by atoms with van der Waals surface area (Å²) < 4.78 is 0. The lowest BCUT2D eigenvalue weighted by molar-refractivity contribution is 0.0695. The van der Waals surface area contributed by atoms with Gasteiger partial charge in [0.2, 0.25) is 0 Å². The van der Waals surface area contributed by atoms with Gasteiger partial charge in [-0.25, -0.2) is 4.79 Å². The minimum atomic E-state index is -1.08. The molecule has 1 rings (SSSR count). The first-order valence-corrected chi connectivity index (χ1v) is 4.96. The highest BCUT2D eigenvalue weighted by Crippen LogP contribution is 2.07. The molecular formula is C12H9N3O3. The van der Waals surface area contributed by atoms with E-state index < -0.39 is 11.9 Å². The van der Waals surface area contributed by atoms with Crippen LogP contribution in [0.15, 0.2) is 24.3 Å². The van der Waals surface area contributed by atoms with Crippen LogP contribution in [0, 0.1) is 22.7 Å². The van der Waals surface area contributed by atoms with Gasteiger partial charge in [-0.2, -0.15) is 10.5 Å². The van der Waals surface area contributed by atoms with E-state index in [4.69, 9.17) is 15.6 Å². The quantitative estimate of drug-likeness (QED) is 0.790. The molecule has 1 amide bonds. The Labute approximate surface area is 103 Å². The molecule has 0 spiro atoms. The molecule has 6 nitrogen and oxygen atoms in total. The summed E-state index contributed by atoms with van der Waals surface area (Å²) in [6.07, 6.45) is 0. The van der Waals surface area contributed by atoms with Crippen molar-refractivity contribution >= 4 is 11.9 Å². The van der Waals surface area contributed by atoms with Crippen molar-refractivity contribution in [2.24, 2.45) is 0 Å². The summed E-state index contributed by atoms with van der Waals surface area (Å²) in [6, 6.07) is 8.89. The van der Waals surface area contributed by atoms with E-state index in [0.29, 0.717) is 0 Å². The number of rotatable bonds is 4. The summed E-state index contributed by atoms with van der Waals surface area (Å²) >= 11 is 0. The van der Waals surface area contributed by atoms with E-state index in [9.17, 15) is 9.59 Å². The average Bonchev–Trinajstić information content (AvgIpc) is 2.38. The summed E-state index contributed by atoms with van der Waals surface area (Å²) in [7, 11) is 0. The molecule has 0 fully saturated rings. The number of nitriles is 2. The van der Waals surface area contributed by atoms with Gasteiger partial charge in [-0.3, -0.25) is 4.79 Å². The van der Waals surface area contributed by atoms with Crippen LogP contribution >= 0.6 is 0 Å². The van der Waals surface area contributed by atoms with Crippen LogP contribution in [0.5, 0.6) is 0 Å². The Hall–Kier alpha value is -2.86. The van der Waals surface area contributed by atoms with E-state index >= 15 is 0 Å². The minimum absolute atomic E-state index is 0.0682. The first kappa shape index (κ1) is 13.2. The van der Waals surface area contributed by atoms with E-state index in [1.54, 1.807) is 12.1 Å². The van der Waals surface area contributed by atoms with Crippen LogP contribution in [0.25, 0.3) is 0 Å². The third-order valence-corrected chi connectivity index (χ3v) is 2.19. The first-order valence-electron chi connectivity index (χ1n) is 4.96. The number of aromatic carboxylic acids is 1. The number of hydrogen-bond acceptors (Lipinski definition) is 4. The standard InChI is InChI=1S/C12H9N3O3/c13-5-7-15(8-6-14)11(16)9-1-3-10(4-2-9)12(17)18/h1-4H,7-8H2,(H,17,18). The van der Waals surface area contributed by atoms with E-state index in [0.717, 1.165) is 4.90 Å². The zero-order valence-corrected chi connectivity index (χ0v) is 9.33. The zero-order valence-electron chi connectivity index (χ0n) is 9.33. The fourth-order valence-electron chi connectivity index (χ4n) is 1.31. The topological polar surface area (TPSA) is 105 Å². The van der Waals surface area contributed by atoms with Gasteiger partial charge in [-0.15, -0.1) is 0 Å². The average molecular weight is 243 g/mol. The number of amides is 1. The van der Waals surface area contributed by atoms with Crippen molar-refractivity contribution in [2.75, 3.05) is 13.1 Å². The third-order valence-electron chi connectivity index (χ3n) is 2.19. The van der Waals surface area contributed by atoms with Crippen LogP contribution in [0.2, 0.25) is 0 Å². The SMILES string of the molecule is N#CCN(CC#N)C(=O)c1ccc(C(=O)O)cc1. The van der Waals surface area contributed by atoms with E-state index in [-0.39, 0.29) is 24.2 Å². The fourth-order valence-corrected chi connectivity index (χ4v) is 1.31. The number of carboxylic acids is 1. The normalized spacial score (nSPS) is 9.00. The van der Waals surface area contributed by atoms with Gasteiger partial charge in [0, 0.05) is 5.56 Å².